The normalized spacial score (nSPS) is 13.1. The number of hydrogen-bond donors (Lipinski definition) is 0. The fourth-order valence-corrected chi connectivity index (χ4v) is 4.10. The van der Waals surface area contributed by atoms with E-state index < -0.39 is 40.7 Å². The van der Waals surface area contributed by atoms with Gasteiger partial charge in [-0.3, -0.25) is 4.21 Å². The molecule has 2 aromatic carbocycles. The zero-order valence-electron chi connectivity index (χ0n) is 17.6. The second-order valence-electron chi connectivity index (χ2n) is 7.19. The Morgan fingerprint density at radius 3 is 2.24 bits per heavy atom. The molecule has 3 rings (SSSR count). The van der Waals surface area contributed by atoms with Crippen molar-refractivity contribution in [3.8, 4) is 17.3 Å². The summed E-state index contributed by atoms with van der Waals surface area (Å²) in [6, 6.07) is 8.40. The van der Waals surface area contributed by atoms with Gasteiger partial charge in [0.15, 0.2) is 0 Å². The quantitative estimate of drug-likeness (QED) is 0.379. The second kappa shape index (κ2) is 9.65. The molecule has 1 aromatic heterocycles. The van der Waals surface area contributed by atoms with Crippen LogP contribution in [0, 0.1) is 19.7 Å². The van der Waals surface area contributed by atoms with E-state index in [0.29, 0.717) is 11.3 Å². The summed E-state index contributed by atoms with van der Waals surface area (Å²) in [5.74, 6) is -2.72. The molecule has 0 radical (unpaired) electrons. The summed E-state index contributed by atoms with van der Waals surface area (Å²) in [6.07, 6.45) is -9.47. The van der Waals surface area contributed by atoms with E-state index in [-0.39, 0.29) is 28.6 Å². The van der Waals surface area contributed by atoms with E-state index in [0.717, 1.165) is 28.9 Å². The number of ether oxygens (including phenoxy) is 2. The van der Waals surface area contributed by atoms with Crippen LogP contribution in [0.25, 0.3) is 5.69 Å². The van der Waals surface area contributed by atoms with E-state index in [9.17, 15) is 34.9 Å². The highest BCUT2D eigenvalue weighted by Crippen LogP contribution is 2.28. The lowest BCUT2D eigenvalue weighted by molar-refractivity contribution is -0.274. The topological polar surface area (TPSA) is 53.4 Å². The first-order chi connectivity index (χ1) is 15.7. The zero-order valence-corrected chi connectivity index (χ0v) is 18.4. The Bertz CT molecular complexity index is 1190. The highest BCUT2D eigenvalue weighted by Gasteiger charge is 2.32. The first kappa shape index (κ1) is 25.5. The van der Waals surface area contributed by atoms with Gasteiger partial charge in [0, 0.05) is 16.7 Å². The SMILES string of the molecule is Cc1cc(F)c(-n2nc(OCc3ccc(OC(F)(F)F)cc3)cc2C)cc1S(=O)CC(F)(F)F. The van der Waals surface area contributed by atoms with Gasteiger partial charge in [-0.05, 0) is 49.2 Å². The molecule has 0 aliphatic heterocycles. The van der Waals surface area contributed by atoms with Gasteiger partial charge in [0.1, 0.15) is 29.6 Å². The van der Waals surface area contributed by atoms with Crippen molar-refractivity contribution in [3.05, 3.63) is 65.1 Å². The van der Waals surface area contributed by atoms with Crippen molar-refractivity contribution in [3.63, 3.8) is 0 Å². The van der Waals surface area contributed by atoms with Crippen LogP contribution in [-0.2, 0) is 17.4 Å². The van der Waals surface area contributed by atoms with Crippen LogP contribution in [0.4, 0.5) is 30.7 Å². The predicted molar refractivity (Wildman–Crippen MR) is 108 cm³/mol. The zero-order chi connectivity index (χ0) is 25.3. The van der Waals surface area contributed by atoms with Crippen LogP contribution in [0.1, 0.15) is 16.8 Å². The maximum absolute atomic E-state index is 14.6. The van der Waals surface area contributed by atoms with Gasteiger partial charge in [-0.2, -0.15) is 13.2 Å². The molecule has 0 amide bonds. The Morgan fingerprint density at radius 1 is 1.00 bits per heavy atom. The minimum atomic E-state index is -4.81. The number of rotatable bonds is 7. The molecule has 34 heavy (non-hydrogen) atoms. The Kier molecular flexibility index (Phi) is 7.24. The molecule has 184 valence electrons. The molecular weight excluding hydrogens is 493 g/mol. The molecule has 0 N–H and O–H groups in total. The minimum absolute atomic E-state index is 0.0334. The summed E-state index contributed by atoms with van der Waals surface area (Å²) in [4.78, 5) is -0.174. The van der Waals surface area contributed by atoms with Crippen molar-refractivity contribution in [2.45, 2.75) is 37.9 Å². The molecule has 0 saturated carbocycles. The van der Waals surface area contributed by atoms with Gasteiger partial charge >= 0.3 is 12.5 Å². The summed E-state index contributed by atoms with van der Waals surface area (Å²) < 4.78 is 112. The molecule has 0 fully saturated rings. The average molecular weight is 510 g/mol. The number of hydrogen-bond acceptors (Lipinski definition) is 4. The third-order valence-electron chi connectivity index (χ3n) is 4.42. The van der Waals surface area contributed by atoms with E-state index in [2.05, 4.69) is 9.84 Å². The number of aromatic nitrogens is 2. The van der Waals surface area contributed by atoms with Gasteiger partial charge in [-0.25, -0.2) is 9.07 Å². The first-order valence-electron chi connectivity index (χ1n) is 9.51. The number of halogens is 7. The van der Waals surface area contributed by atoms with Gasteiger partial charge < -0.3 is 9.47 Å². The lowest BCUT2D eigenvalue weighted by Crippen LogP contribution is -2.19. The third kappa shape index (κ3) is 6.72. The fourth-order valence-electron chi connectivity index (χ4n) is 2.98. The summed E-state index contributed by atoms with van der Waals surface area (Å²) in [7, 11) is -2.44. The average Bonchev–Trinajstić information content (AvgIpc) is 3.05. The van der Waals surface area contributed by atoms with Crippen LogP contribution in [0.2, 0.25) is 0 Å². The van der Waals surface area contributed by atoms with Gasteiger partial charge in [0.05, 0.1) is 10.8 Å². The van der Waals surface area contributed by atoms with Crippen molar-refractivity contribution in [1.82, 2.24) is 9.78 Å². The molecule has 0 aliphatic carbocycles. The minimum Gasteiger partial charge on any atom is -0.472 e. The van der Waals surface area contributed by atoms with E-state index >= 15 is 0 Å². The molecule has 0 saturated heterocycles. The van der Waals surface area contributed by atoms with Crippen molar-refractivity contribution < 1.29 is 44.4 Å². The number of benzene rings is 2. The molecule has 5 nitrogen and oxygen atoms in total. The van der Waals surface area contributed by atoms with E-state index in [1.807, 2.05) is 0 Å². The van der Waals surface area contributed by atoms with E-state index in [4.69, 9.17) is 4.74 Å². The maximum Gasteiger partial charge on any atom is 0.573 e. The summed E-state index contributed by atoms with van der Waals surface area (Å²) in [5.41, 5.74) is 0.757. The monoisotopic (exact) mass is 510 g/mol. The Hall–Kier alpha value is -3.09. The van der Waals surface area contributed by atoms with Gasteiger partial charge in [-0.1, -0.05) is 12.1 Å². The van der Waals surface area contributed by atoms with Crippen molar-refractivity contribution in [2.75, 3.05) is 5.75 Å². The summed E-state index contributed by atoms with van der Waals surface area (Å²) >= 11 is 0. The summed E-state index contributed by atoms with van der Waals surface area (Å²) in [5, 5.41) is 4.09. The fraction of sp³-hybridized carbons (Fsp3) is 0.286. The Morgan fingerprint density at radius 2 is 1.65 bits per heavy atom. The van der Waals surface area contributed by atoms with Crippen LogP contribution in [0.15, 0.2) is 47.4 Å². The van der Waals surface area contributed by atoms with Crippen molar-refractivity contribution in [1.29, 1.82) is 0 Å². The van der Waals surface area contributed by atoms with Crippen LogP contribution >= 0.6 is 0 Å². The maximum atomic E-state index is 14.6. The lowest BCUT2D eigenvalue weighted by Gasteiger charge is -2.12. The van der Waals surface area contributed by atoms with Gasteiger partial charge in [0.2, 0.25) is 5.88 Å². The summed E-state index contributed by atoms with van der Waals surface area (Å²) in [6.45, 7) is 2.82. The molecule has 0 bridgehead atoms. The van der Waals surface area contributed by atoms with Crippen LogP contribution in [0.3, 0.4) is 0 Å². The lowest BCUT2D eigenvalue weighted by atomic mass is 10.2. The highest BCUT2D eigenvalue weighted by atomic mass is 32.2. The standard InChI is InChI=1S/C21H17F7N2O3S/c1-12-7-16(22)17(9-18(12)34(31)11-20(23,24)25)30-13(2)8-19(29-30)32-10-14-3-5-15(6-4-14)33-21(26,27)28/h3-9H,10-11H2,1-2H3. The first-order valence-corrected chi connectivity index (χ1v) is 10.8. The van der Waals surface area contributed by atoms with E-state index in [1.165, 1.54) is 25.1 Å². The third-order valence-corrected chi connectivity index (χ3v) is 5.94. The molecule has 3 aromatic rings. The van der Waals surface area contributed by atoms with E-state index in [1.54, 1.807) is 6.92 Å². The second-order valence-corrected chi connectivity index (χ2v) is 8.61. The molecule has 1 heterocycles. The Balaban J connectivity index is 1.78. The number of nitrogens with zero attached hydrogens (tertiary/aromatic N) is 2. The Labute approximate surface area is 191 Å². The highest BCUT2D eigenvalue weighted by molar-refractivity contribution is 7.85. The largest absolute Gasteiger partial charge is 0.573 e. The molecule has 1 unspecified atom stereocenters. The van der Waals surface area contributed by atoms with Crippen LogP contribution < -0.4 is 9.47 Å². The molecular formula is C21H17F7N2O3S. The number of aryl methyl sites for hydroxylation is 2. The van der Waals surface area contributed by atoms with Crippen molar-refractivity contribution in [2.24, 2.45) is 0 Å². The molecule has 0 aliphatic rings. The molecule has 1 atom stereocenters. The predicted octanol–water partition coefficient (Wildman–Crippen LogP) is 5.78. The van der Waals surface area contributed by atoms with Crippen molar-refractivity contribution >= 4 is 10.8 Å². The van der Waals surface area contributed by atoms with Crippen LogP contribution in [-0.4, -0.2) is 32.3 Å². The smallest absolute Gasteiger partial charge is 0.472 e. The van der Waals surface area contributed by atoms with Crippen LogP contribution in [0.5, 0.6) is 11.6 Å². The van der Waals surface area contributed by atoms with Gasteiger partial charge in [0.25, 0.3) is 0 Å². The molecule has 0 spiro atoms. The van der Waals surface area contributed by atoms with Gasteiger partial charge in [-0.15, -0.1) is 18.3 Å². The molecule has 13 heteroatoms. The number of alkyl halides is 6.